The molecule has 1 atom stereocenters. The normalized spacial score (nSPS) is 17.0. The Hall–Kier alpha value is -3.13. The van der Waals surface area contributed by atoms with Crippen molar-refractivity contribution in [2.24, 2.45) is 5.92 Å². The number of nitrogens with zero attached hydrogens (tertiary/aromatic N) is 5. The Labute approximate surface area is 170 Å². The van der Waals surface area contributed by atoms with Crippen molar-refractivity contribution in [1.29, 1.82) is 0 Å². The Morgan fingerprint density at radius 1 is 1.10 bits per heavy atom. The number of anilines is 1. The molecule has 5 rings (SSSR count). The molecule has 0 N–H and O–H groups in total. The minimum atomic E-state index is -0.334. The van der Waals surface area contributed by atoms with Crippen LogP contribution in [0.15, 0.2) is 53.2 Å². The molecule has 0 radical (unpaired) electrons. The highest BCUT2D eigenvalue weighted by atomic mass is 32.1. The minimum Gasteiger partial charge on any atom is -0.354 e. The van der Waals surface area contributed by atoms with Crippen LogP contribution in [0.1, 0.15) is 23.2 Å². The second-order valence-electron chi connectivity index (χ2n) is 7.15. The van der Waals surface area contributed by atoms with E-state index in [1.54, 1.807) is 28.0 Å². The molecule has 6 nitrogen and oxygen atoms in total. The molecule has 4 heterocycles. The third-order valence-corrected chi connectivity index (χ3v) is 5.96. The average molecular weight is 407 g/mol. The Kier molecular flexibility index (Phi) is 4.55. The molecule has 1 aromatic carbocycles. The van der Waals surface area contributed by atoms with Crippen molar-refractivity contribution in [3.8, 4) is 11.4 Å². The molecular weight excluding hydrogens is 389 g/mol. The van der Waals surface area contributed by atoms with Gasteiger partial charge in [0.15, 0.2) is 17.3 Å². The number of thiophene rings is 1. The molecule has 8 heteroatoms. The zero-order valence-corrected chi connectivity index (χ0v) is 16.3. The summed E-state index contributed by atoms with van der Waals surface area (Å²) < 4.78 is 14.9. The fourth-order valence-electron chi connectivity index (χ4n) is 3.77. The molecule has 0 amide bonds. The summed E-state index contributed by atoms with van der Waals surface area (Å²) in [7, 11) is 0. The molecule has 0 bridgehead atoms. The van der Waals surface area contributed by atoms with Crippen LogP contribution < -0.4 is 4.90 Å². The van der Waals surface area contributed by atoms with E-state index in [0.29, 0.717) is 23.6 Å². The molecule has 0 spiro atoms. The molecule has 1 aliphatic heterocycles. The molecule has 4 aromatic rings. The monoisotopic (exact) mass is 407 g/mol. The molecule has 1 saturated heterocycles. The first kappa shape index (κ1) is 17.9. The van der Waals surface area contributed by atoms with Crippen LogP contribution in [0.5, 0.6) is 0 Å². The highest BCUT2D eigenvalue weighted by Crippen LogP contribution is 2.26. The number of ketones is 1. The third kappa shape index (κ3) is 3.40. The van der Waals surface area contributed by atoms with Gasteiger partial charge in [0.1, 0.15) is 11.6 Å². The average Bonchev–Trinajstić information content (AvgIpc) is 3.43. The summed E-state index contributed by atoms with van der Waals surface area (Å²) in [5.41, 5.74) is 2.22. The molecule has 3 aromatic heterocycles. The maximum absolute atomic E-state index is 13.2. The predicted molar refractivity (Wildman–Crippen MR) is 110 cm³/mol. The molecule has 1 unspecified atom stereocenters. The quantitative estimate of drug-likeness (QED) is 0.477. The predicted octanol–water partition coefficient (Wildman–Crippen LogP) is 4.09. The highest BCUT2D eigenvalue weighted by Gasteiger charge is 2.27. The largest absolute Gasteiger partial charge is 0.354 e. The number of carbonyl (C=O) groups excluding carboxylic acids is 1. The van der Waals surface area contributed by atoms with E-state index in [2.05, 4.69) is 15.1 Å². The maximum atomic E-state index is 13.2. The van der Waals surface area contributed by atoms with Crippen molar-refractivity contribution in [2.75, 3.05) is 18.0 Å². The van der Waals surface area contributed by atoms with E-state index in [1.807, 2.05) is 29.0 Å². The first-order valence-corrected chi connectivity index (χ1v) is 10.4. The summed E-state index contributed by atoms with van der Waals surface area (Å²) in [6, 6.07) is 11.6. The maximum Gasteiger partial charge on any atom is 0.186 e. The van der Waals surface area contributed by atoms with E-state index in [-0.39, 0.29) is 17.5 Å². The van der Waals surface area contributed by atoms with Gasteiger partial charge < -0.3 is 4.90 Å². The second-order valence-corrected chi connectivity index (χ2v) is 7.93. The topological polar surface area (TPSA) is 63.4 Å². The van der Waals surface area contributed by atoms with Gasteiger partial charge in [0.25, 0.3) is 0 Å². The standard InChI is InChI=1S/C21H18FN5OS/c22-17-5-3-14(4-6-17)20(28)15-2-1-10-26(12-15)19-8-7-18-23-24-21(27(18)25-19)16-9-11-29-13-16/h3-9,11,13,15H,1-2,10,12H2. The number of halogens is 1. The Morgan fingerprint density at radius 2 is 1.97 bits per heavy atom. The van der Waals surface area contributed by atoms with Crippen molar-refractivity contribution in [2.45, 2.75) is 12.8 Å². The number of benzene rings is 1. The van der Waals surface area contributed by atoms with Gasteiger partial charge in [-0.25, -0.2) is 4.39 Å². The summed E-state index contributed by atoms with van der Waals surface area (Å²) in [5.74, 6) is 1.09. The van der Waals surface area contributed by atoms with Gasteiger partial charge in [-0.1, -0.05) is 0 Å². The Bertz CT molecular complexity index is 1160. The summed E-state index contributed by atoms with van der Waals surface area (Å²) in [6.45, 7) is 1.42. The van der Waals surface area contributed by atoms with Gasteiger partial charge in [-0.2, -0.15) is 15.9 Å². The Morgan fingerprint density at radius 3 is 2.76 bits per heavy atom. The number of aromatic nitrogens is 4. The van der Waals surface area contributed by atoms with Crippen molar-refractivity contribution in [3.05, 3.63) is 64.6 Å². The van der Waals surface area contributed by atoms with Gasteiger partial charge in [0.05, 0.1) is 0 Å². The lowest BCUT2D eigenvalue weighted by atomic mass is 9.90. The van der Waals surface area contributed by atoms with Crippen LogP contribution in [0, 0.1) is 11.7 Å². The summed E-state index contributed by atoms with van der Waals surface area (Å²) in [4.78, 5) is 15.0. The van der Waals surface area contributed by atoms with Crippen LogP contribution in [0.4, 0.5) is 10.2 Å². The third-order valence-electron chi connectivity index (χ3n) is 5.27. The number of Topliss-reactive ketones (excluding diaryl/α,β-unsaturated/α-hetero) is 1. The van der Waals surface area contributed by atoms with Crippen molar-refractivity contribution >= 4 is 28.6 Å². The number of carbonyl (C=O) groups is 1. The molecule has 0 aliphatic carbocycles. The fourth-order valence-corrected chi connectivity index (χ4v) is 4.40. The van der Waals surface area contributed by atoms with Crippen LogP contribution >= 0.6 is 11.3 Å². The first-order valence-electron chi connectivity index (χ1n) is 9.49. The molecule has 146 valence electrons. The summed E-state index contributed by atoms with van der Waals surface area (Å²) in [6.07, 6.45) is 1.72. The SMILES string of the molecule is O=C(c1ccc(F)cc1)C1CCCN(c2ccc3nnc(-c4ccsc4)n3n2)C1. The van der Waals surface area contributed by atoms with Crippen LogP contribution in [0.2, 0.25) is 0 Å². The number of hydrogen-bond acceptors (Lipinski definition) is 6. The zero-order valence-electron chi connectivity index (χ0n) is 15.5. The van der Waals surface area contributed by atoms with Gasteiger partial charge in [0.2, 0.25) is 0 Å². The van der Waals surface area contributed by atoms with Crippen molar-refractivity contribution in [3.63, 3.8) is 0 Å². The summed E-state index contributed by atoms with van der Waals surface area (Å²) >= 11 is 1.60. The van der Waals surface area contributed by atoms with Crippen LogP contribution in [-0.2, 0) is 0 Å². The van der Waals surface area contributed by atoms with Gasteiger partial charge in [-0.3, -0.25) is 4.79 Å². The number of fused-ring (bicyclic) bond motifs is 1. The van der Waals surface area contributed by atoms with Gasteiger partial charge >= 0.3 is 0 Å². The molecule has 0 saturated carbocycles. The number of piperidine rings is 1. The van der Waals surface area contributed by atoms with Crippen molar-refractivity contribution < 1.29 is 9.18 Å². The fraction of sp³-hybridized carbons (Fsp3) is 0.238. The van der Waals surface area contributed by atoms with Gasteiger partial charge in [-0.05, 0) is 60.7 Å². The second kappa shape index (κ2) is 7.36. The van der Waals surface area contributed by atoms with E-state index >= 15 is 0 Å². The number of hydrogen-bond donors (Lipinski definition) is 0. The van der Waals surface area contributed by atoms with Crippen molar-refractivity contribution in [1.82, 2.24) is 19.8 Å². The number of rotatable bonds is 4. The van der Waals surface area contributed by atoms with E-state index in [0.717, 1.165) is 30.8 Å². The molecule has 29 heavy (non-hydrogen) atoms. The van der Waals surface area contributed by atoms with E-state index in [4.69, 9.17) is 5.10 Å². The summed E-state index contributed by atoms with van der Waals surface area (Å²) in [5, 5.41) is 17.2. The molecule has 1 fully saturated rings. The highest BCUT2D eigenvalue weighted by molar-refractivity contribution is 7.08. The lowest BCUT2D eigenvalue weighted by Crippen LogP contribution is -2.39. The smallest absolute Gasteiger partial charge is 0.186 e. The molecular formula is C21H18FN5OS. The van der Waals surface area contributed by atoms with Crippen LogP contribution in [-0.4, -0.2) is 38.7 Å². The van der Waals surface area contributed by atoms with Gasteiger partial charge in [0, 0.05) is 35.5 Å². The lowest BCUT2D eigenvalue weighted by Gasteiger charge is -2.32. The van der Waals surface area contributed by atoms with E-state index in [1.165, 1.54) is 12.1 Å². The first-order chi connectivity index (χ1) is 14.2. The van der Waals surface area contributed by atoms with E-state index < -0.39 is 0 Å². The minimum absolute atomic E-state index is 0.0547. The zero-order chi connectivity index (χ0) is 19.8. The van der Waals surface area contributed by atoms with E-state index in [9.17, 15) is 9.18 Å². The van der Waals surface area contributed by atoms with Crippen LogP contribution in [0.25, 0.3) is 17.0 Å². The Balaban J connectivity index is 1.41. The van der Waals surface area contributed by atoms with Crippen LogP contribution in [0.3, 0.4) is 0 Å². The van der Waals surface area contributed by atoms with Gasteiger partial charge in [-0.15, -0.1) is 15.3 Å². The molecule has 1 aliphatic rings. The lowest BCUT2D eigenvalue weighted by molar-refractivity contribution is 0.0907.